The van der Waals surface area contributed by atoms with Gasteiger partial charge in [0.25, 0.3) is 0 Å². The minimum Gasteiger partial charge on any atom is -0.493 e. The van der Waals surface area contributed by atoms with Crippen molar-refractivity contribution in [3.8, 4) is 17.2 Å². The van der Waals surface area contributed by atoms with Crippen molar-refractivity contribution < 1.29 is 33.3 Å². The minimum absolute atomic E-state index is 0.0169. The molecular formula is C16H16O7. The number of aromatic carboxylic acids is 1. The second kappa shape index (κ2) is 6.43. The summed E-state index contributed by atoms with van der Waals surface area (Å²) in [5, 5.41) is 9.07. The Morgan fingerprint density at radius 1 is 1.04 bits per heavy atom. The lowest BCUT2D eigenvalue weighted by Gasteiger charge is -2.13. The molecule has 0 amide bonds. The van der Waals surface area contributed by atoms with E-state index in [0.29, 0.717) is 5.76 Å². The van der Waals surface area contributed by atoms with Gasteiger partial charge < -0.3 is 23.7 Å². The Hall–Kier alpha value is -2.96. The number of methoxy groups -OCH3 is 2. The average Bonchev–Trinajstić information content (AvgIpc) is 2.86. The summed E-state index contributed by atoms with van der Waals surface area (Å²) in [6.07, 6.45) is 0. The highest BCUT2D eigenvalue weighted by atomic mass is 16.6. The van der Waals surface area contributed by atoms with Crippen LogP contribution in [0.2, 0.25) is 0 Å². The first-order chi connectivity index (χ1) is 10.9. The zero-order chi connectivity index (χ0) is 17.1. The van der Waals surface area contributed by atoms with Crippen molar-refractivity contribution >= 4 is 11.9 Å². The van der Waals surface area contributed by atoms with Gasteiger partial charge >= 0.3 is 11.9 Å². The minimum atomic E-state index is -1.16. The molecule has 0 radical (unpaired) electrons. The molecule has 0 spiro atoms. The third-order valence-electron chi connectivity index (χ3n) is 3.27. The van der Waals surface area contributed by atoms with E-state index in [1.165, 1.54) is 26.4 Å². The molecule has 0 aliphatic carbocycles. The normalized spacial score (nSPS) is 10.3. The summed E-state index contributed by atoms with van der Waals surface area (Å²) in [7, 11) is 2.66. The standard InChI is InChI=1S/C16H16O7/c1-8-5-13(22-9(8)2)16(19)23-14-11(20-3)6-10(15(17)18)7-12(14)21-4/h5-7H,1-4H3,(H,17,18). The molecular weight excluding hydrogens is 304 g/mol. The van der Waals surface area contributed by atoms with E-state index in [1.807, 2.05) is 0 Å². The van der Waals surface area contributed by atoms with Gasteiger partial charge in [0.1, 0.15) is 5.76 Å². The van der Waals surface area contributed by atoms with Gasteiger partial charge in [-0.15, -0.1) is 0 Å². The maximum atomic E-state index is 12.2. The Balaban J connectivity index is 2.41. The number of carbonyl (C=O) groups is 2. The van der Waals surface area contributed by atoms with Crippen molar-refractivity contribution in [2.24, 2.45) is 0 Å². The molecule has 122 valence electrons. The van der Waals surface area contributed by atoms with Crippen molar-refractivity contribution in [1.29, 1.82) is 0 Å². The molecule has 1 N–H and O–H groups in total. The number of benzene rings is 1. The fourth-order valence-corrected chi connectivity index (χ4v) is 1.92. The van der Waals surface area contributed by atoms with Gasteiger partial charge in [-0.25, -0.2) is 9.59 Å². The van der Waals surface area contributed by atoms with Crippen LogP contribution in [0.15, 0.2) is 22.6 Å². The van der Waals surface area contributed by atoms with Crippen molar-refractivity contribution in [2.45, 2.75) is 13.8 Å². The number of rotatable bonds is 5. The van der Waals surface area contributed by atoms with Crippen molar-refractivity contribution in [3.63, 3.8) is 0 Å². The number of hydrogen-bond acceptors (Lipinski definition) is 6. The first-order valence-electron chi connectivity index (χ1n) is 6.66. The van der Waals surface area contributed by atoms with Crippen LogP contribution in [0.5, 0.6) is 17.2 Å². The third-order valence-corrected chi connectivity index (χ3v) is 3.27. The molecule has 0 saturated heterocycles. The zero-order valence-corrected chi connectivity index (χ0v) is 13.1. The lowest BCUT2D eigenvalue weighted by molar-refractivity contribution is 0.0689. The van der Waals surface area contributed by atoms with Crippen LogP contribution >= 0.6 is 0 Å². The van der Waals surface area contributed by atoms with Crippen LogP contribution in [0.3, 0.4) is 0 Å². The average molecular weight is 320 g/mol. The second-order valence-electron chi connectivity index (χ2n) is 4.75. The molecule has 0 aliphatic heterocycles. The van der Waals surface area contributed by atoms with Crippen LogP contribution in [0.25, 0.3) is 0 Å². The van der Waals surface area contributed by atoms with Crippen molar-refractivity contribution in [1.82, 2.24) is 0 Å². The van der Waals surface area contributed by atoms with Gasteiger partial charge in [0.15, 0.2) is 11.5 Å². The number of esters is 1. The van der Waals surface area contributed by atoms with Crippen LogP contribution in [-0.4, -0.2) is 31.3 Å². The number of carboxylic acids is 1. The Kier molecular flexibility index (Phi) is 4.59. The molecule has 0 atom stereocenters. The number of aryl methyl sites for hydroxylation is 2. The number of ether oxygens (including phenoxy) is 3. The van der Waals surface area contributed by atoms with Crippen molar-refractivity contribution in [2.75, 3.05) is 14.2 Å². The lowest BCUT2D eigenvalue weighted by Crippen LogP contribution is -2.10. The topological polar surface area (TPSA) is 95.2 Å². The van der Waals surface area contributed by atoms with Gasteiger partial charge in [0, 0.05) is 0 Å². The maximum absolute atomic E-state index is 12.2. The van der Waals surface area contributed by atoms with E-state index in [4.69, 9.17) is 23.7 Å². The molecule has 0 aliphatic rings. The number of hydrogen-bond donors (Lipinski definition) is 1. The van der Waals surface area contributed by atoms with E-state index < -0.39 is 11.9 Å². The molecule has 1 aromatic carbocycles. The summed E-state index contributed by atoms with van der Waals surface area (Å²) < 4.78 is 20.8. The molecule has 0 fully saturated rings. The van der Waals surface area contributed by atoms with E-state index >= 15 is 0 Å². The number of furan rings is 1. The maximum Gasteiger partial charge on any atom is 0.379 e. The van der Waals surface area contributed by atoms with Crippen molar-refractivity contribution in [3.05, 3.63) is 40.8 Å². The molecule has 7 nitrogen and oxygen atoms in total. The monoisotopic (exact) mass is 320 g/mol. The summed E-state index contributed by atoms with van der Waals surface area (Å²) in [4.78, 5) is 23.3. The third kappa shape index (κ3) is 3.28. The van der Waals surface area contributed by atoms with Crippen LogP contribution in [0, 0.1) is 13.8 Å². The summed E-state index contributed by atoms with van der Waals surface area (Å²) in [5.74, 6) is -1.14. The van der Waals surface area contributed by atoms with E-state index in [0.717, 1.165) is 5.56 Å². The fraction of sp³-hybridized carbons (Fsp3) is 0.250. The molecule has 7 heteroatoms. The summed E-state index contributed by atoms with van der Waals surface area (Å²) >= 11 is 0. The van der Waals surface area contributed by atoms with Crippen LogP contribution in [-0.2, 0) is 0 Å². The highest BCUT2D eigenvalue weighted by Gasteiger charge is 2.22. The Morgan fingerprint density at radius 2 is 1.61 bits per heavy atom. The Morgan fingerprint density at radius 3 is 2.00 bits per heavy atom. The van der Waals surface area contributed by atoms with Crippen LogP contribution in [0.4, 0.5) is 0 Å². The highest BCUT2D eigenvalue weighted by Crippen LogP contribution is 2.39. The fourth-order valence-electron chi connectivity index (χ4n) is 1.92. The van der Waals surface area contributed by atoms with Crippen LogP contribution < -0.4 is 14.2 Å². The zero-order valence-electron chi connectivity index (χ0n) is 13.1. The summed E-state index contributed by atoms with van der Waals surface area (Å²) in [5.41, 5.74) is 0.764. The van der Waals surface area contributed by atoms with E-state index in [-0.39, 0.29) is 28.6 Å². The SMILES string of the molecule is COc1cc(C(=O)O)cc(OC)c1OC(=O)c1cc(C)c(C)o1. The Labute approximate surface area is 132 Å². The molecule has 1 heterocycles. The van der Waals surface area contributed by atoms with Gasteiger partial charge in [0.05, 0.1) is 19.8 Å². The summed E-state index contributed by atoms with van der Waals surface area (Å²) in [6, 6.07) is 4.04. The molecule has 2 rings (SSSR count). The smallest absolute Gasteiger partial charge is 0.379 e. The largest absolute Gasteiger partial charge is 0.493 e. The first-order valence-corrected chi connectivity index (χ1v) is 6.66. The van der Waals surface area contributed by atoms with Crippen LogP contribution in [0.1, 0.15) is 32.2 Å². The molecule has 0 unspecified atom stereocenters. The van der Waals surface area contributed by atoms with E-state index in [9.17, 15) is 9.59 Å². The number of carboxylic acid groups (broad SMARTS) is 1. The molecule has 2 aromatic rings. The van der Waals surface area contributed by atoms with Gasteiger partial charge in [0.2, 0.25) is 11.5 Å². The quantitative estimate of drug-likeness (QED) is 0.668. The van der Waals surface area contributed by atoms with Gasteiger partial charge in [-0.2, -0.15) is 0 Å². The predicted octanol–water partition coefficient (Wildman–Crippen LogP) is 2.83. The van der Waals surface area contributed by atoms with E-state index in [1.54, 1.807) is 19.9 Å². The second-order valence-corrected chi connectivity index (χ2v) is 4.75. The number of carbonyl (C=O) groups excluding carboxylic acids is 1. The van der Waals surface area contributed by atoms with Gasteiger partial charge in [-0.05, 0) is 37.6 Å². The first kappa shape index (κ1) is 16.4. The highest BCUT2D eigenvalue weighted by molar-refractivity contribution is 5.92. The predicted molar refractivity (Wildman–Crippen MR) is 79.6 cm³/mol. The molecule has 0 saturated carbocycles. The Bertz CT molecular complexity index is 713. The van der Waals surface area contributed by atoms with Gasteiger partial charge in [-0.3, -0.25) is 0 Å². The summed E-state index contributed by atoms with van der Waals surface area (Å²) in [6.45, 7) is 3.54. The van der Waals surface area contributed by atoms with E-state index in [2.05, 4.69) is 0 Å². The molecule has 1 aromatic heterocycles. The lowest BCUT2D eigenvalue weighted by atomic mass is 10.2. The molecule has 0 bridgehead atoms. The molecule has 23 heavy (non-hydrogen) atoms. The van der Waals surface area contributed by atoms with Gasteiger partial charge in [-0.1, -0.05) is 0 Å².